The Hall–Kier alpha value is -3.15. The molecule has 1 aromatic carbocycles. The maximum Gasteiger partial charge on any atom is 0.263 e. The first-order valence-electron chi connectivity index (χ1n) is 8.09. The predicted octanol–water partition coefficient (Wildman–Crippen LogP) is 2.39. The van der Waals surface area contributed by atoms with Crippen LogP contribution in [0.3, 0.4) is 0 Å². The van der Waals surface area contributed by atoms with Crippen LogP contribution in [0.15, 0.2) is 59.7 Å². The largest absolute Gasteiger partial charge is 0.315 e. The molecule has 0 aliphatic rings. The molecule has 0 aliphatic carbocycles. The minimum atomic E-state index is -0.417. The van der Waals surface area contributed by atoms with Crippen LogP contribution >= 0.6 is 0 Å². The van der Waals surface area contributed by atoms with Gasteiger partial charge in [-0.15, -0.1) is 0 Å². The van der Waals surface area contributed by atoms with E-state index in [9.17, 15) is 9.59 Å². The van der Waals surface area contributed by atoms with Crippen LogP contribution in [0.2, 0.25) is 0 Å². The van der Waals surface area contributed by atoms with Crippen molar-refractivity contribution in [2.24, 2.45) is 7.05 Å². The molecule has 25 heavy (non-hydrogen) atoms. The third kappa shape index (κ3) is 3.68. The molecule has 3 rings (SSSR count). The van der Waals surface area contributed by atoms with Gasteiger partial charge in [0, 0.05) is 25.9 Å². The Bertz CT molecular complexity index is 942. The molecule has 6 nitrogen and oxygen atoms in total. The lowest BCUT2D eigenvalue weighted by molar-refractivity contribution is 0.102. The Kier molecular flexibility index (Phi) is 4.79. The second-order valence-corrected chi connectivity index (χ2v) is 5.90. The second kappa shape index (κ2) is 7.17. The van der Waals surface area contributed by atoms with Gasteiger partial charge in [0.2, 0.25) is 0 Å². The van der Waals surface area contributed by atoms with E-state index < -0.39 is 5.91 Å². The molecule has 2 aromatic heterocycles. The highest BCUT2D eigenvalue weighted by Crippen LogP contribution is 2.09. The molecule has 3 aromatic rings. The number of nitrogens with one attached hydrogen (secondary N) is 1. The molecule has 128 valence electrons. The Morgan fingerprint density at radius 3 is 2.60 bits per heavy atom. The SMILES string of the molecule is Cc1ccn(CCc2ccccc2)c(=O)c1C(=O)Nc1ccnn1C. The van der Waals surface area contributed by atoms with E-state index in [1.807, 2.05) is 30.3 Å². The summed E-state index contributed by atoms with van der Waals surface area (Å²) in [7, 11) is 1.73. The maximum absolute atomic E-state index is 12.7. The highest BCUT2D eigenvalue weighted by molar-refractivity contribution is 6.04. The van der Waals surface area contributed by atoms with E-state index in [-0.39, 0.29) is 11.1 Å². The van der Waals surface area contributed by atoms with Gasteiger partial charge in [-0.2, -0.15) is 5.10 Å². The molecule has 1 amide bonds. The first-order valence-corrected chi connectivity index (χ1v) is 8.09. The zero-order valence-corrected chi connectivity index (χ0v) is 14.3. The van der Waals surface area contributed by atoms with E-state index in [0.717, 1.165) is 12.0 Å². The topological polar surface area (TPSA) is 68.9 Å². The molecule has 0 saturated carbocycles. The molecule has 6 heteroatoms. The molecule has 0 aliphatic heterocycles. The molecule has 0 fully saturated rings. The third-order valence-electron chi connectivity index (χ3n) is 4.15. The molecule has 0 bridgehead atoms. The second-order valence-electron chi connectivity index (χ2n) is 5.90. The summed E-state index contributed by atoms with van der Waals surface area (Å²) in [6.07, 6.45) is 4.06. The van der Waals surface area contributed by atoms with Crippen LogP contribution in [0, 0.1) is 6.92 Å². The number of benzene rings is 1. The fourth-order valence-electron chi connectivity index (χ4n) is 2.69. The summed E-state index contributed by atoms with van der Waals surface area (Å²) in [4.78, 5) is 25.3. The minimum Gasteiger partial charge on any atom is -0.315 e. The molecular formula is C19H20N4O2. The number of aryl methyl sites for hydroxylation is 4. The number of rotatable bonds is 5. The van der Waals surface area contributed by atoms with Crippen LogP contribution in [0.4, 0.5) is 5.82 Å². The number of hydrogen-bond donors (Lipinski definition) is 1. The van der Waals surface area contributed by atoms with Crippen molar-refractivity contribution in [3.05, 3.63) is 81.9 Å². The number of carbonyl (C=O) groups excluding carboxylic acids is 1. The highest BCUT2D eigenvalue weighted by Gasteiger charge is 2.17. The van der Waals surface area contributed by atoms with Gasteiger partial charge in [-0.05, 0) is 30.5 Å². The highest BCUT2D eigenvalue weighted by atomic mass is 16.2. The van der Waals surface area contributed by atoms with E-state index in [1.54, 1.807) is 47.7 Å². The summed E-state index contributed by atoms with van der Waals surface area (Å²) < 4.78 is 3.13. The molecule has 1 N–H and O–H groups in total. The van der Waals surface area contributed by atoms with Crippen LogP contribution in [0.1, 0.15) is 21.5 Å². The zero-order valence-electron chi connectivity index (χ0n) is 14.3. The van der Waals surface area contributed by atoms with E-state index in [1.165, 1.54) is 0 Å². The smallest absolute Gasteiger partial charge is 0.263 e. The Morgan fingerprint density at radius 1 is 1.16 bits per heavy atom. The van der Waals surface area contributed by atoms with E-state index in [0.29, 0.717) is 17.9 Å². The molecule has 0 radical (unpaired) electrons. The average molecular weight is 336 g/mol. The van der Waals surface area contributed by atoms with Gasteiger partial charge in [0.25, 0.3) is 11.5 Å². The van der Waals surface area contributed by atoms with Gasteiger partial charge in [0.05, 0.1) is 6.20 Å². The van der Waals surface area contributed by atoms with Gasteiger partial charge in [-0.1, -0.05) is 30.3 Å². The molecule has 0 saturated heterocycles. The number of amides is 1. The first kappa shape index (κ1) is 16.7. The van der Waals surface area contributed by atoms with Crippen molar-refractivity contribution in [1.82, 2.24) is 14.3 Å². The lowest BCUT2D eigenvalue weighted by Crippen LogP contribution is -2.31. The monoisotopic (exact) mass is 336 g/mol. The number of aromatic nitrogens is 3. The standard InChI is InChI=1S/C19H20N4O2/c1-14-9-12-23(13-10-15-6-4-3-5-7-15)19(25)17(14)18(24)21-16-8-11-20-22(16)2/h3-9,11-12H,10,13H2,1-2H3,(H,21,24). The van der Waals surface area contributed by atoms with Gasteiger partial charge in [-0.25, -0.2) is 0 Å². The Balaban J connectivity index is 1.83. The first-order chi connectivity index (χ1) is 12.1. The van der Waals surface area contributed by atoms with Crippen molar-refractivity contribution in [1.29, 1.82) is 0 Å². The van der Waals surface area contributed by atoms with Gasteiger partial charge >= 0.3 is 0 Å². The van der Waals surface area contributed by atoms with Gasteiger partial charge in [0.15, 0.2) is 0 Å². The van der Waals surface area contributed by atoms with Gasteiger partial charge in [0.1, 0.15) is 11.4 Å². The summed E-state index contributed by atoms with van der Waals surface area (Å²) >= 11 is 0. The van der Waals surface area contributed by atoms with Crippen LogP contribution in [0.25, 0.3) is 0 Å². The lowest BCUT2D eigenvalue weighted by Gasteiger charge is -2.11. The van der Waals surface area contributed by atoms with Crippen LogP contribution < -0.4 is 10.9 Å². The molecule has 0 spiro atoms. The van der Waals surface area contributed by atoms with Crippen LogP contribution in [-0.4, -0.2) is 20.3 Å². The number of anilines is 1. The van der Waals surface area contributed by atoms with Crippen LogP contribution in [-0.2, 0) is 20.0 Å². The maximum atomic E-state index is 12.7. The zero-order chi connectivity index (χ0) is 17.8. The van der Waals surface area contributed by atoms with Gasteiger partial charge in [-0.3, -0.25) is 14.3 Å². The van der Waals surface area contributed by atoms with Crippen LogP contribution in [0.5, 0.6) is 0 Å². The predicted molar refractivity (Wildman–Crippen MR) is 96.7 cm³/mol. The summed E-state index contributed by atoms with van der Waals surface area (Å²) in [5, 5.41) is 6.74. The number of carbonyl (C=O) groups is 1. The summed E-state index contributed by atoms with van der Waals surface area (Å²) in [6.45, 7) is 2.29. The van der Waals surface area contributed by atoms with E-state index in [2.05, 4.69) is 10.4 Å². The van der Waals surface area contributed by atoms with Crippen molar-refractivity contribution in [2.75, 3.05) is 5.32 Å². The van der Waals surface area contributed by atoms with Crippen molar-refractivity contribution in [3.63, 3.8) is 0 Å². The summed E-state index contributed by atoms with van der Waals surface area (Å²) in [5.74, 6) is 0.128. The quantitative estimate of drug-likeness (QED) is 0.778. The Morgan fingerprint density at radius 2 is 1.92 bits per heavy atom. The third-order valence-corrected chi connectivity index (χ3v) is 4.15. The molecular weight excluding hydrogens is 316 g/mol. The number of nitrogens with zero attached hydrogens (tertiary/aromatic N) is 3. The van der Waals surface area contributed by atoms with Crippen molar-refractivity contribution < 1.29 is 4.79 Å². The van der Waals surface area contributed by atoms with E-state index >= 15 is 0 Å². The Labute approximate surface area is 145 Å². The van der Waals surface area contributed by atoms with E-state index in [4.69, 9.17) is 0 Å². The lowest BCUT2D eigenvalue weighted by atomic mass is 10.1. The summed E-state index contributed by atoms with van der Waals surface area (Å²) in [5.41, 5.74) is 1.68. The molecule has 2 heterocycles. The average Bonchev–Trinajstić information content (AvgIpc) is 3.00. The normalized spacial score (nSPS) is 10.6. The van der Waals surface area contributed by atoms with Gasteiger partial charge < -0.3 is 9.88 Å². The fraction of sp³-hybridized carbons (Fsp3) is 0.211. The molecule has 0 unspecified atom stereocenters. The molecule has 0 atom stereocenters. The summed E-state index contributed by atoms with van der Waals surface area (Å²) in [6, 6.07) is 13.4. The van der Waals surface area contributed by atoms with Crippen molar-refractivity contribution in [2.45, 2.75) is 19.9 Å². The van der Waals surface area contributed by atoms with Crippen molar-refractivity contribution >= 4 is 11.7 Å². The minimum absolute atomic E-state index is 0.164. The van der Waals surface area contributed by atoms with Crippen molar-refractivity contribution in [3.8, 4) is 0 Å². The number of pyridine rings is 1. The number of hydrogen-bond acceptors (Lipinski definition) is 3. The fourth-order valence-corrected chi connectivity index (χ4v) is 2.69.